The maximum atomic E-state index is 12.5. The molecule has 0 aliphatic rings. The first kappa shape index (κ1) is 18.9. The standard InChI is InChI=1S/C21H21ClN4O/c1-4-15-7-5-6-8-18(15)25-20(27)16-11-23-21(24-12-16)26-19-14(3)9-13(2)10-17(19)22/h5-12H,4H2,1-3H3,(H,25,27)(H,23,24,26). The molecule has 1 heterocycles. The molecule has 1 aromatic heterocycles. The summed E-state index contributed by atoms with van der Waals surface area (Å²) in [5.41, 5.74) is 5.11. The lowest BCUT2D eigenvalue weighted by Crippen LogP contribution is -2.14. The Morgan fingerprint density at radius 1 is 1.11 bits per heavy atom. The van der Waals surface area contributed by atoms with Crippen LogP contribution in [0, 0.1) is 13.8 Å². The fraction of sp³-hybridized carbons (Fsp3) is 0.190. The number of hydrogen-bond acceptors (Lipinski definition) is 4. The molecule has 1 amide bonds. The highest BCUT2D eigenvalue weighted by molar-refractivity contribution is 6.33. The number of aryl methyl sites for hydroxylation is 3. The smallest absolute Gasteiger partial charge is 0.258 e. The molecule has 0 spiro atoms. The van der Waals surface area contributed by atoms with E-state index in [2.05, 4.69) is 20.6 Å². The summed E-state index contributed by atoms with van der Waals surface area (Å²) in [6.45, 7) is 6.00. The van der Waals surface area contributed by atoms with Crippen molar-refractivity contribution in [3.05, 3.63) is 76.1 Å². The molecule has 6 heteroatoms. The van der Waals surface area contributed by atoms with E-state index in [1.54, 1.807) is 0 Å². The number of carbonyl (C=O) groups is 1. The summed E-state index contributed by atoms with van der Waals surface area (Å²) in [6, 6.07) is 11.6. The molecule has 0 saturated heterocycles. The van der Waals surface area contributed by atoms with Gasteiger partial charge in [0.1, 0.15) is 0 Å². The molecule has 0 unspecified atom stereocenters. The number of halogens is 1. The third kappa shape index (κ3) is 4.44. The van der Waals surface area contributed by atoms with Gasteiger partial charge in [-0.15, -0.1) is 0 Å². The van der Waals surface area contributed by atoms with Crippen molar-refractivity contribution in [1.82, 2.24) is 9.97 Å². The van der Waals surface area contributed by atoms with Crippen LogP contribution in [0.3, 0.4) is 0 Å². The average molecular weight is 381 g/mol. The lowest BCUT2D eigenvalue weighted by atomic mass is 10.1. The average Bonchev–Trinajstić information content (AvgIpc) is 2.65. The monoisotopic (exact) mass is 380 g/mol. The van der Waals surface area contributed by atoms with Gasteiger partial charge in [0.25, 0.3) is 5.91 Å². The van der Waals surface area contributed by atoms with Gasteiger partial charge in [-0.05, 0) is 49.1 Å². The van der Waals surface area contributed by atoms with Crippen molar-refractivity contribution >= 4 is 34.8 Å². The van der Waals surface area contributed by atoms with Gasteiger partial charge >= 0.3 is 0 Å². The van der Waals surface area contributed by atoms with E-state index in [-0.39, 0.29) is 5.91 Å². The van der Waals surface area contributed by atoms with Crippen LogP contribution in [0.25, 0.3) is 0 Å². The van der Waals surface area contributed by atoms with E-state index in [0.717, 1.165) is 34.5 Å². The Hall–Kier alpha value is -2.92. The minimum absolute atomic E-state index is 0.244. The SMILES string of the molecule is CCc1ccccc1NC(=O)c1cnc(Nc2c(C)cc(C)cc2Cl)nc1. The molecule has 0 fully saturated rings. The Labute approximate surface area is 163 Å². The van der Waals surface area contributed by atoms with E-state index in [1.807, 2.05) is 57.2 Å². The number of nitrogens with one attached hydrogen (secondary N) is 2. The van der Waals surface area contributed by atoms with Crippen molar-refractivity contribution in [1.29, 1.82) is 0 Å². The highest BCUT2D eigenvalue weighted by Gasteiger charge is 2.11. The minimum atomic E-state index is -0.244. The van der Waals surface area contributed by atoms with Gasteiger partial charge in [0.05, 0.1) is 16.3 Å². The van der Waals surface area contributed by atoms with Gasteiger partial charge in [0.2, 0.25) is 5.95 Å². The Morgan fingerprint density at radius 2 is 1.81 bits per heavy atom. The fourth-order valence-electron chi connectivity index (χ4n) is 2.84. The summed E-state index contributed by atoms with van der Waals surface area (Å²) in [5.74, 6) is 0.140. The molecule has 2 N–H and O–H groups in total. The molecule has 0 bridgehead atoms. The minimum Gasteiger partial charge on any atom is -0.323 e. The number of aromatic nitrogens is 2. The van der Waals surface area contributed by atoms with Crippen molar-refractivity contribution < 1.29 is 4.79 Å². The molecule has 5 nitrogen and oxygen atoms in total. The van der Waals surface area contributed by atoms with Crippen LogP contribution in [0.1, 0.15) is 34.0 Å². The molecule has 138 valence electrons. The molecule has 0 aliphatic heterocycles. The molecule has 0 saturated carbocycles. The van der Waals surface area contributed by atoms with E-state index in [4.69, 9.17) is 11.6 Å². The maximum absolute atomic E-state index is 12.5. The first-order valence-corrected chi connectivity index (χ1v) is 9.10. The van der Waals surface area contributed by atoms with Gasteiger partial charge in [-0.1, -0.05) is 42.8 Å². The van der Waals surface area contributed by atoms with Crippen molar-refractivity contribution in [3.8, 4) is 0 Å². The number of nitrogens with zero attached hydrogens (tertiary/aromatic N) is 2. The number of anilines is 3. The molecule has 27 heavy (non-hydrogen) atoms. The first-order valence-electron chi connectivity index (χ1n) is 8.73. The predicted molar refractivity (Wildman–Crippen MR) is 110 cm³/mol. The third-order valence-electron chi connectivity index (χ3n) is 4.23. The Bertz CT molecular complexity index is 947. The zero-order valence-corrected chi connectivity index (χ0v) is 16.3. The summed E-state index contributed by atoms with van der Waals surface area (Å²) in [7, 11) is 0. The molecule has 3 rings (SSSR count). The Kier molecular flexibility index (Phi) is 5.72. The summed E-state index contributed by atoms with van der Waals surface area (Å²) >= 11 is 6.30. The van der Waals surface area contributed by atoms with Crippen LogP contribution in [-0.4, -0.2) is 15.9 Å². The van der Waals surface area contributed by atoms with Gasteiger partial charge in [-0.25, -0.2) is 9.97 Å². The fourth-order valence-corrected chi connectivity index (χ4v) is 3.21. The molecular weight excluding hydrogens is 360 g/mol. The number of para-hydroxylation sites is 1. The lowest BCUT2D eigenvalue weighted by Gasteiger charge is -2.12. The van der Waals surface area contributed by atoms with Crippen molar-refractivity contribution in [2.45, 2.75) is 27.2 Å². The highest BCUT2D eigenvalue weighted by Crippen LogP contribution is 2.29. The number of carbonyl (C=O) groups excluding carboxylic acids is 1. The van der Waals surface area contributed by atoms with E-state index in [0.29, 0.717) is 16.5 Å². The lowest BCUT2D eigenvalue weighted by molar-refractivity contribution is 0.102. The number of amides is 1. The van der Waals surface area contributed by atoms with Crippen LogP contribution in [0.5, 0.6) is 0 Å². The Morgan fingerprint density at radius 3 is 2.48 bits per heavy atom. The van der Waals surface area contributed by atoms with E-state index in [1.165, 1.54) is 12.4 Å². The Balaban J connectivity index is 1.75. The summed E-state index contributed by atoms with van der Waals surface area (Å²) in [4.78, 5) is 20.9. The largest absolute Gasteiger partial charge is 0.323 e. The van der Waals surface area contributed by atoms with Crippen molar-refractivity contribution in [2.24, 2.45) is 0 Å². The van der Waals surface area contributed by atoms with Crippen LogP contribution in [0.2, 0.25) is 5.02 Å². The van der Waals surface area contributed by atoms with E-state index >= 15 is 0 Å². The molecule has 3 aromatic rings. The summed E-state index contributed by atoms with van der Waals surface area (Å²) in [5, 5.41) is 6.63. The number of hydrogen-bond donors (Lipinski definition) is 2. The first-order chi connectivity index (χ1) is 13.0. The van der Waals surface area contributed by atoms with Gasteiger partial charge in [-0.2, -0.15) is 0 Å². The predicted octanol–water partition coefficient (Wildman–Crippen LogP) is 5.31. The van der Waals surface area contributed by atoms with Crippen LogP contribution < -0.4 is 10.6 Å². The number of benzene rings is 2. The number of rotatable bonds is 5. The topological polar surface area (TPSA) is 66.9 Å². The third-order valence-corrected chi connectivity index (χ3v) is 4.53. The zero-order valence-electron chi connectivity index (χ0n) is 15.5. The molecule has 0 aliphatic carbocycles. The molecule has 0 atom stereocenters. The van der Waals surface area contributed by atoms with Crippen LogP contribution >= 0.6 is 11.6 Å². The van der Waals surface area contributed by atoms with Gasteiger partial charge in [-0.3, -0.25) is 4.79 Å². The van der Waals surface area contributed by atoms with Gasteiger partial charge in [0, 0.05) is 18.1 Å². The van der Waals surface area contributed by atoms with Crippen LogP contribution in [-0.2, 0) is 6.42 Å². The van der Waals surface area contributed by atoms with Crippen molar-refractivity contribution in [3.63, 3.8) is 0 Å². The maximum Gasteiger partial charge on any atom is 0.258 e. The second kappa shape index (κ2) is 8.18. The molecular formula is C21H21ClN4O. The van der Waals surface area contributed by atoms with Crippen molar-refractivity contribution in [2.75, 3.05) is 10.6 Å². The quantitative estimate of drug-likeness (QED) is 0.629. The van der Waals surface area contributed by atoms with Gasteiger partial charge < -0.3 is 10.6 Å². The second-order valence-corrected chi connectivity index (χ2v) is 6.73. The molecule has 2 aromatic carbocycles. The summed E-state index contributed by atoms with van der Waals surface area (Å²) < 4.78 is 0. The van der Waals surface area contributed by atoms with E-state index in [9.17, 15) is 4.79 Å². The summed E-state index contributed by atoms with van der Waals surface area (Å²) in [6.07, 6.45) is 3.83. The normalized spacial score (nSPS) is 10.5. The van der Waals surface area contributed by atoms with Gasteiger partial charge in [0.15, 0.2) is 0 Å². The molecule has 0 radical (unpaired) electrons. The van der Waals surface area contributed by atoms with Crippen LogP contribution in [0.15, 0.2) is 48.8 Å². The zero-order chi connectivity index (χ0) is 19.4. The van der Waals surface area contributed by atoms with E-state index < -0.39 is 0 Å². The second-order valence-electron chi connectivity index (χ2n) is 6.32. The highest BCUT2D eigenvalue weighted by atomic mass is 35.5. The van der Waals surface area contributed by atoms with Crippen LogP contribution in [0.4, 0.5) is 17.3 Å².